The van der Waals surface area contributed by atoms with Gasteiger partial charge in [-0.2, -0.15) is 0 Å². The summed E-state index contributed by atoms with van der Waals surface area (Å²) in [6.07, 6.45) is -1.48. The molecule has 0 saturated carbocycles. The average Bonchev–Trinajstić information content (AvgIpc) is 2.58. The molecule has 1 aliphatic heterocycles. The lowest BCUT2D eigenvalue weighted by Gasteiger charge is -2.38. The van der Waals surface area contributed by atoms with Crippen molar-refractivity contribution < 1.29 is 39.9 Å². The molecule has 9 nitrogen and oxygen atoms in total. The minimum Gasteiger partial charge on any atom is -0.478 e. The molecule has 1 rings (SSSR count). The molecule has 0 fully saturated rings. The van der Waals surface area contributed by atoms with Crippen LogP contribution in [0.4, 0.5) is 0 Å². The van der Waals surface area contributed by atoms with Crippen LogP contribution in [0.2, 0.25) is 0 Å². The lowest BCUT2D eigenvalue weighted by atomic mass is 9.93. The predicted octanol–water partition coefficient (Wildman–Crippen LogP) is -1.12. The molecule has 0 saturated heterocycles. The fourth-order valence-electron chi connectivity index (χ4n) is 2.58. The summed E-state index contributed by atoms with van der Waals surface area (Å²) in [6, 6.07) is -1.15. The molecule has 0 aromatic heterocycles. The number of hydrogen-bond donors (Lipinski definition) is 6. The molecule has 0 radical (unpaired) electrons. The lowest BCUT2D eigenvalue weighted by Crippen LogP contribution is -2.60. The predicted molar refractivity (Wildman–Crippen MR) is 86.4 cm³/mol. The van der Waals surface area contributed by atoms with Crippen LogP contribution in [-0.2, 0) is 14.3 Å². The Morgan fingerprint density at radius 2 is 1.96 bits per heavy atom. The third-order valence-corrected chi connectivity index (χ3v) is 4.02. The highest BCUT2D eigenvalue weighted by atomic mass is 16.5. The number of unbranched alkanes of at least 4 members (excludes halogenated alkanes) is 3. The summed E-state index contributed by atoms with van der Waals surface area (Å²) in [6.45, 7) is 1.25. The van der Waals surface area contributed by atoms with E-state index in [2.05, 4.69) is 5.32 Å². The van der Waals surface area contributed by atoms with Crippen LogP contribution in [0.3, 0.4) is 0 Å². The van der Waals surface area contributed by atoms with Crippen molar-refractivity contribution >= 4 is 11.9 Å². The Bertz CT molecular complexity index is 481. The van der Waals surface area contributed by atoms with E-state index in [1.807, 2.05) is 6.92 Å². The first-order chi connectivity index (χ1) is 11.8. The summed E-state index contributed by atoms with van der Waals surface area (Å²) in [4.78, 5) is 23.1. The largest absolute Gasteiger partial charge is 0.478 e. The van der Waals surface area contributed by atoms with E-state index in [9.17, 15) is 24.9 Å². The van der Waals surface area contributed by atoms with Crippen LogP contribution >= 0.6 is 0 Å². The van der Waals surface area contributed by atoms with Crippen molar-refractivity contribution in [2.45, 2.75) is 69.5 Å². The van der Waals surface area contributed by atoms with Crippen LogP contribution in [0.15, 0.2) is 11.8 Å². The van der Waals surface area contributed by atoms with Gasteiger partial charge in [0.1, 0.15) is 18.3 Å². The lowest BCUT2D eigenvalue weighted by molar-refractivity contribution is -0.149. The number of aliphatic carboxylic acids is 1. The molecule has 9 heteroatoms. The standard InChI is InChI=1S/C16H27NO8/c1-2-3-4-5-6-12(21)17-13-9(19)7-11(16(23)24)25-15(13)14(22)10(20)8-18/h7,9-10,13-15,18-20,22H,2-6,8H2,1H3,(H,17,21)(H,23,24)/t9-,10?,13?,14?,15?/m1/s1. The fraction of sp³-hybridized carbons (Fsp3) is 0.750. The van der Waals surface area contributed by atoms with Crippen molar-refractivity contribution in [2.24, 2.45) is 0 Å². The molecule has 0 aliphatic carbocycles. The minimum absolute atomic E-state index is 0.212. The third-order valence-electron chi connectivity index (χ3n) is 4.02. The van der Waals surface area contributed by atoms with Crippen LogP contribution < -0.4 is 5.32 Å². The Labute approximate surface area is 145 Å². The number of carbonyl (C=O) groups is 2. The average molecular weight is 361 g/mol. The number of amides is 1. The van der Waals surface area contributed by atoms with Crippen LogP contribution in [-0.4, -0.2) is 74.5 Å². The van der Waals surface area contributed by atoms with E-state index < -0.39 is 48.8 Å². The zero-order valence-electron chi connectivity index (χ0n) is 14.2. The van der Waals surface area contributed by atoms with Crippen LogP contribution in [0.25, 0.3) is 0 Å². The molecule has 5 atom stereocenters. The summed E-state index contributed by atoms with van der Waals surface area (Å²) >= 11 is 0. The zero-order valence-corrected chi connectivity index (χ0v) is 14.2. The molecule has 1 amide bonds. The van der Waals surface area contributed by atoms with Gasteiger partial charge in [-0.15, -0.1) is 0 Å². The molecule has 0 aromatic rings. The summed E-state index contributed by atoms with van der Waals surface area (Å²) in [5.41, 5.74) is 0. The van der Waals surface area contributed by atoms with Gasteiger partial charge in [-0.25, -0.2) is 4.79 Å². The van der Waals surface area contributed by atoms with Crippen LogP contribution in [0, 0.1) is 0 Å². The number of nitrogens with one attached hydrogen (secondary N) is 1. The van der Waals surface area contributed by atoms with E-state index in [1.54, 1.807) is 0 Å². The summed E-state index contributed by atoms with van der Waals surface area (Å²) in [7, 11) is 0. The monoisotopic (exact) mass is 361 g/mol. The smallest absolute Gasteiger partial charge is 0.370 e. The van der Waals surface area contributed by atoms with E-state index >= 15 is 0 Å². The highest BCUT2D eigenvalue weighted by molar-refractivity contribution is 5.84. The van der Waals surface area contributed by atoms with Crippen molar-refractivity contribution in [3.8, 4) is 0 Å². The van der Waals surface area contributed by atoms with E-state index in [0.29, 0.717) is 6.42 Å². The second kappa shape index (κ2) is 10.3. The second-order valence-corrected chi connectivity index (χ2v) is 6.05. The number of aliphatic hydroxyl groups excluding tert-OH is 4. The Kier molecular flexibility index (Phi) is 8.84. The first-order valence-electron chi connectivity index (χ1n) is 8.38. The maximum absolute atomic E-state index is 12.0. The number of rotatable bonds is 10. The molecule has 0 bridgehead atoms. The molecular weight excluding hydrogens is 334 g/mol. The van der Waals surface area contributed by atoms with Crippen LogP contribution in [0.1, 0.15) is 39.0 Å². The first kappa shape index (κ1) is 21.4. The van der Waals surface area contributed by atoms with E-state index in [0.717, 1.165) is 25.3 Å². The Hall–Kier alpha value is -1.68. The highest BCUT2D eigenvalue weighted by Crippen LogP contribution is 2.23. The van der Waals surface area contributed by atoms with Gasteiger partial charge in [-0.05, 0) is 12.5 Å². The summed E-state index contributed by atoms with van der Waals surface area (Å²) < 4.78 is 5.13. The van der Waals surface area contributed by atoms with Crippen molar-refractivity contribution in [3.63, 3.8) is 0 Å². The molecule has 0 spiro atoms. The molecular formula is C16H27NO8. The number of hydrogen-bond acceptors (Lipinski definition) is 7. The summed E-state index contributed by atoms with van der Waals surface area (Å²) in [5.74, 6) is -2.44. The number of ether oxygens (including phenoxy) is 1. The first-order valence-corrected chi connectivity index (χ1v) is 8.38. The minimum atomic E-state index is -1.70. The highest BCUT2D eigenvalue weighted by Gasteiger charge is 2.43. The normalized spacial score (nSPS) is 25.5. The van der Waals surface area contributed by atoms with Gasteiger partial charge in [-0.3, -0.25) is 4.79 Å². The molecule has 25 heavy (non-hydrogen) atoms. The number of carboxylic acids is 1. The van der Waals surface area contributed by atoms with Gasteiger partial charge < -0.3 is 35.6 Å². The van der Waals surface area contributed by atoms with Gasteiger partial charge in [0, 0.05) is 6.42 Å². The SMILES string of the molecule is CCCCCCC(=O)NC1C(C(O)C(O)CO)OC(C(=O)O)=C[C@H]1O. The van der Waals surface area contributed by atoms with E-state index in [-0.39, 0.29) is 12.3 Å². The van der Waals surface area contributed by atoms with Gasteiger partial charge >= 0.3 is 5.97 Å². The summed E-state index contributed by atoms with van der Waals surface area (Å²) in [5, 5.41) is 50.3. The van der Waals surface area contributed by atoms with Gasteiger partial charge in [0.15, 0.2) is 6.10 Å². The zero-order chi connectivity index (χ0) is 19.0. The topological polar surface area (TPSA) is 157 Å². The van der Waals surface area contributed by atoms with Crippen molar-refractivity contribution in [1.29, 1.82) is 0 Å². The molecule has 6 N–H and O–H groups in total. The molecule has 1 heterocycles. The molecule has 1 aliphatic rings. The number of carboxylic acid groups (broad SMARTS) is 1. The van der Waals surface area contributed by atoms with Gasteiger partial charge in [0.05, 0.1) is 12.6 Å². The third kappa shape index (κ3) is 6.28. The van der Waals surface area contributed by atoms with Gasteiger partial charge in [0.2, 0.25) is 11.7 Å². The maximum Gasteiger partial charge on any atom is 0.370 e. The van der Waals surface area contributed by atoms with Crippen molar-refractivity contribution in [1.82, 2.24) is 5.32 Å². The molecule has 0 aromatic carbocycles. The maximum atomic E-state index is 12.0. The Morgan fingerprint density at radius 1 is 1.28 bits per heavy atom. The second-order valence-electron chi connectivity index (χ2n) is 6.05. The van der Waals surface area contributed by atoms with Crippen molar-refractivity contribution in [3.05, 3.63) is 11.8 Å². The molecule has 4 unspecified atom stereocenters. The Balaban J connectivity index is 2.83. The van der Waals surface area contributed by atoms with E-state index in [1.165, 1.54) is 0 Å². The molecule has 144 valence electrons. The quantitative estimate of drug-likeness (QED) is 0.267. The van der Waals surface area contributed by atoms with E-state index in [4.69, 9.17) is 14.9 Å². The number of aliphatic hydroxyl groups is 4. The van der Waals surface area contributed by atoms with Gasteiger partial charge in [-0.1, -0.05) is 26.2 Å². The Morgan fingerprint density at radius 3 is 2.52 bits per heavy atom. The van der Waals surface area contributed by atoms with Crippen LogP contribution in [0.5, 0.6) is 0 Å². The van der Waals surface area contributed by atoms with Crippen molar-refractivity contribution in [2.75, 3.05) is 6.61 Å². The fourth-order valence-corrected chi connectivity index (χ4v) is 2.58. The van der Waals surface area contributed by atoms with Gasteiger partial charge in [0.25, 0.3) is 0 Å². The number of carbonyl (C=O) groups excluding carboxylic acids is 1.